The average molecular weight is 584 g/mol. The maximum Gasteiger partial charge on any atom is 0.237 e. The Hall–Kier alpha value is -3.45. The summed E-state index contributed by atoms with van der Waals surface area (Å²) >= 11 is 0. The highest BCUT2D eigenvalue weighted by Gasteiger charge is 2.22. The van der Waals surface area contributed by atoms with Crippen LogP contribution >= 0.6 is 0 Å². The highest BCUT2D eigenvalue weighted by molar-refractivity contribution is 5.83. The van der Waals surface area contributed by atoms with E-state index >= 15 is 0 Å². The van der Waals surface area contributed by atoms with Crippen molar-refractivity contribution in [3.05, 3.63) is 107 Å². The minimum Gasteiger partial charge on any atom is -0.389 e. The topological polar surface area (TPSA) is 68.8 Å². The number of ether oxygens (including phenoxy) is 1. The van der Waals surface area contributed by atoms with Crippen LogP contribution in [-0.2, 0) is 34.5 Å². The Bertz CT molecular complexity index is 1410. The lowest BCUT2D eigenvalue weighted by Crippen LogP contribution is -2.45. The number of carbonyl (C=O) groups is 1. The number of amides is 1. The van der Waals surface area contributed by atoms with E-state index in [0.29, 0.717) is 32.2 Å². The van der Waals surface area contributed by atoms with Gasteiger partial charge in [-0.1, -0.05) is 107 Å². The largest absolute Gasteiger partial charge is 0.389 e. The van der Waals surface area contributed by atoms with Gasteiger partial charge in [-0.15, -0.1) is 0 Å². The monoisotopic (exact) mass is 583 g/mol. The molecule has 0 aliphatic heterocycles. The number of aromatic nitrogens is 1. The fourth-order valence-electron chi connectivity index (χ4n) is 5.47. The predicted molar refractivity (Wildman–Crippen MR) is 176 cm³/mol. The van der Waals surface area contributed by atoms with E-state index in [1.54, 1.807) is 0 Å². The molecule has 1 aromatic heterocycles. The van der Waals surface area contributed by atoms with Gasteiger partial charge in [-0.25, -0.2) is 0 Å². The Morgan fingerprint density at radius 3 is 2.30 bits per heavy atom. The van der Waals surface area contributed by atoms with Crippen LogP contribution in [0.1, 0.15) is 56.9 Å². The first-order valence-electron chi connectivity index (χ1n) is 15.5. The molecular formula is C37H49N3O3. The van der Waals surface area contributed by atoms with Gasteiger partial charge in [0.2, 0.25) is 5.91 Å². The molecule has 0 saturated heterocycles. The van der Waals surface area contributed by atoms with Crippen LogP contribution in [0.15, 0.2) is 85.1 Å². The fraction of sp³-hybridized carbons (Fsp3) is 0.432. The molecule has 4 aromatic rings. The number of benzene rings is 3. The van der Waals surface area contributed by atoms with Crippen LogP contribution < -0.4 is 0 Å². The molecule has 1 heterocycles. The van der Waals surface area contributed by atoms with Crippen LogP contribution in [0.25, 0.3) is 10.9 Å². The molecule has 3 aromatic carbocycles. The van der Waals surface area contributed by atoms with Gasteiger partial charge in [0.15, 0.2) is 0 Å². The molecule has 0 aliphatic carbocycles. The van der Waals surface area contributed by atoms with Gasteiger partial charge in [0.05, 0.1) is 25.9 Å². The standard InChI is InChI=1S/C37H49N3O3/c1-28(2)22-39(24-33(41)27-43-26-30-11-7-6-8-12-30)25-36(42)40(23-29-15-17-32(18-16-29)37(3,4)5)20-19-31-21-38-35-14-10-9-13-34(31)35/h6-18,21,28,33,38,41H,19-20,22-27H2,1-5H3. The SMILES string of the molecule is CC(C)CN(CC(=O)N(CCc1c[nH]c2ccccc12)Cc1ccc(C(C)(C)C)cc1)CC(O)COCc1ccccc1. The smallest absolute Gasteiger partial charge is 0.237 e. The van der Waals surface area contributed by atoms with Gasteiger partial charge in [0, 0.05) is 43.3 Å². The van der Waals surface area contributed by atoms with Gasteiger partial charge in [0.1, 0.15) is 0 Å². The summed E-state index contributed by atoms with van der Waals surface area (Å²) in [5, 5.41) is 12.0. The highest BCUT2D eigenvalue weighted by atomic mass is 16.5. The summed E-state index contributed by atoms with van der Waals surface area (Å²) in [5.74, 6) is 0.424. The van der Waals surface area contributed by atoms with Gasteiger partial charge in [0.25, 0.3) is 0 Å². The average Bonchev–Trinajstić information content (AvgIpc) is 3.38. The molecule has 6 nitrogen and oxygen atoms in total. The molecule has 0 aliphatic rings. The third-order valence-corrected chi connectivity index (χ3v) is 7.75. The Kier molecular flexibility index (Phi) is 11.6. The molecule has 4 rings (SSSR count). The number of fused-ring (bicyclic) bond motifs is 1. The molecular weight excluding hydrogens is 534 g/mol. The van der Waals surface area contributed by atoms with Gasteiger partial charge in [-0.05, 0) is 46.1 Å². The van der Waals surface area contributed by atoms with Crippen molar-refractivity contribution in [3.63, 3.8) is 0 Å². The second kappa shape index (κ2) is 15.3. The lowest BCUT2D eigenvalue weighted by atomic mass is 9.87. The number of nitrogens with one attached hydrogen (secondary N) is 1. The zero-order chi connectivity index (χ0) is 30.8. The molecule has 0 saturated carbocycles. The van der Waals surface area contributed by atoms with Crippen molar-refractivity contribution in [2.45, 2.75) is 65.7 Å². The number of aliphatic hydroxyl groups excluding tert-OH is 1. The number of aromatic amines is 1. The van der Waals surface area contributed by atoms with Crippen LogP contribution in [-0.4, -0.2) is 64.7 Å². The van der Waals surface area contributed by atoms with E-state index in [1.165, 1.54) is 16.5 Å². The summed E-state index contributed by atoms with van der Waals surface area (Å²) in [6.45, 7) is 14.1. The Labute approximate surface area is 257 Å². The molecule has 43 heavy (non-hydrogen) atoms. The van der Waals surface area contributed by atoms with Crippen LogP contribution in [0, 0.1) is 5.92 Å². The Balaban J connectivity index is 1.44. The first-order valence-corrected chi connectivity index (χ1v) is 15.5. The lowest BCUT2D eigenvalue weighted by Gasteiger charge is -2.30. The van der Waals surface area contributed by atoms with Crippen LogP contribution in [0.5, 0.6) is 0 Å². The summed E-state index contributed by atoms with van der Waals surface area (Å²) in [6.07, 6.45) is 2.14. The summed E-state index contributed by atoms with van der Waals surface area (Å²) in [4.78, 5) is 21.3. The highest BCUT2D eigenvalue weighted by Crippen LogP contribution is 2.23. The minimum atomic E-state index is -0.681. The van der Waals surface area contributed by atoms with E-state index in [9.17, 15) is 9.90 Å². The number of aliphatic hydroxyl groups is 1. The third kappa shape index (κ3) is 10.1. The quantitative estimate of drug-likeness (QED) is 0.166. The van der Waals surface area contributed by atoms with E-state index in [4.69, 9.17) is 4.74 Å². The van der Waals surface area contributed by atoms with Crippen LogP contribution in [0.4, 0.5) is 0 Å². The zero-order valence-electron chi connectivity index (χ0n) is 26.6. The molecule has 1 amide bonds. The second-order valence-electron chi connectivity index (χ2n) is 13.1. The van der Waals surface area contributed by atoms with Crippen molar-refractivity contribution in [3.8, 4) is 0 Å². The fourth-order valence-corrected chi connectivity index (χ4v) is 5.47. The number of nitrogens with zero attached hydrogens (tertiary/aromatic N) is 2. The van der Waals surface area contributed by atoms with Crippen molar-refractivity contribution in [2.75, 3.05) is 32.8 Å². The summed E-state index contributed by atoms with van der Waals surface area (Å²) in [5.41, 5.74) is 5.86. The maximum absolute atomic E-state index is 13.9. The van der Waals surface area contributed by atoms with Crippen molar-refractivity contribution in [2.24, 2.45) is 5.92 Å². The molecule has 0 spiro atoms. The van der Waals surface area contributed by atoms with Crippen molar-refractivity contribution < 1.29 is 14.6 Å². The second-order valence-corrected chi connectivity index (χ2v) is 13.1. The number of hydrogen-bond donors (Lipinski definition) is 2. The van der Waals surface area contributed by atoms with Crippen LogP contribution in [0.2, 0.25) is 0 Å². The lowest BCUT2D eigenvalue weighted by molar-refractivity contribution is -0.133. The first-order chi connectivity index (χ1) is 20.6. The molecule has 1 atom stereocenters. The van der Waals surface area contributed by atoms with Gasteiger partial charge in [-0.3, -0.25) is 9.69 Å². The molecule has 230 valence electrons. The Morgan fingerprint density at radius 2 is 1.60 bits per heavy atom. The van der Waals surface area contributed by atoms with Gasteiger partial charge in [-0.2, -0.15) is 0 Å². The van der Waals surface area contributed by atoms with E-state index in [0.717, 1.165) is 29.6 Å². The summed E-state index contributed by atoms with van der Waals surface area (Å²) in [7, 11) is 0. The minimum absolute atomic E-state index is 0.0674. The normalized spacial score (nSPS) is 12.7. The zero-order valence-corrected chi connectivity index (χ0v) is 26.6. The number of H-pyrrole nitrogens is 1. The Morgan fingerprint density at radius 1 is 0.907 bits per heavy atom. The molecule has 6 heteroatoms. The molecule has 0 bridgehead atoms. The van der Waals surface area contributed by atoms with Gasteiger partial charge >= 0.3 is 0 Å². The first kappa shape index (κ1) is 32.5. The van der Waals surface area contributed by atoms with E-state index < -0.39 is 6.10 Å². The number of rotatable bonds is 15. The predicted octanol–water partition coefficient (Wildman–Crippen LogP) is 6.57. The summed E-state index contributed by atoms with van der Waals surface area (Å²) < 4.78 is 5.79. The maximum atomic E-state index is 13.9. The van der Waals surface area contributed by atoms with Gasteiger partial charge < -0.3 is 19.7 Å². The van der Waals surface area contributed by atoms with Crippen molar-refractivity contribution in [1.29, 1.82) is 0 Å². The molecule has 0 fully saturated rings. The summed E-state index contributed by atoms with van der Waals surface area (Å²) in [6, 6.07) is 26.9. The third-order valence-electron chi connectivity index (χ3n) is 7.75. The number of para-hydroxylation sites is 1. The van der Waals surface area contributed by atoms with Crippen LogP contribution in [0.3, 0.4) is 0 Å². The van der Waals surface area contributed by atoms with E-state index in [2.05, 4.69) is 93.2 Å². The molecule has 0 radical (unpaired) electrons. The number of carbonyl (C=O) groups excluding carboxylic acids is 1. The molecule has 1 unspecified atom stereocenters. The number of hydrogen-bond acceptors (Lipinski definition) is 4. The molecule has 2 N–H and O–H groups in total. The van der Waals surface area contributed by atoms with Crippen molar-refractivity contribution in [1.82, 2.24) is 14.8 Å². The van der Waals surface area contributed by atoms with Crippen molar-refractivity contribution >= 4 is 16.8 Å². The van der Waals surface area contributed by atoms with E-state index in [-0.39, 0.29) is 24.5 Å². The van der Waals surface area contributed by atoms with E-state index in [1.807, 2.05) is 41.3 Å².